The van der Waals surface area contributed by atoms with Crippen molar-refractivity contribution in [3.05, 3.63) is 0 Å². The van der Waals surface area contributed by atoms with Crippen molar-refractivity contribution < 1.29 is 9.90 Å². The van der Waals surface area contributed by atoms with E-state index in [1.807, 2.05) is 0 Å². The number of carboxylic acid groups (broad SMARTS) is 1. The third-order valence-electron chi connectivity index (χ3n) is 5.27. The molecule has 122 valence electrons. The van der Waals surface area contributed by atoms with Crippen LogP contribution in [0.15, 0.2) is 0 Å². The summed E-state index contributed by atoms with van der Waals surface area (Å²) in [6.45, 7) is 5.86. The van der Waals surface area contributed by atoms with Crippen LogP contribution in [0.1, 0.15) is 64.7 Å². The maximum atomic E-state index is 11.0. The Kier molecular flexibility index (Phi) is 6.97. The Morgan fingerprint density at radius 3 is 2.62 bits per heavy atom. The molecule has 0 aromatic rings. The molecule has 2 N–H and O–H groups in total. The number of likely N-dealkylation sites (tertiary alicyclic amines) is 1. The van der Waals surface area contributed by atoms with Gasteiger partial charge in [0.2, 0.25) is 0 Å². The molecule has 4 heteroatoms. The third-order valence-corrected chi connectivity index (χ3v) is 5.27. The lowest BCUT2D eigenvalue weighted by atomic mass is 9.86. The fourth-order valence-electron chi connectivity index (χ4n) is 3.79. The van der Waals surface area contributed by atoms with Crippen LogP contribution in [0.25, 0.3) is 0 Å². The summed E-state index contributed by atoms with van der Waals surface area (Å²) >= 11 is 0. The van der Waals surface area contributed by atoms with Crippen LogP contribution in [0, 0.1) is 5.92 Å². The van der Waals surface area contributed by atoms with E-state index in [1.165, 1.54) is 45.2 Å². The smallest absolute Gasteiger partial charge is 0.306 e. The Balaban J connectivity index is 1.70. The molecule has 21 heavy (non-hydrogen) atoms. The second-order valence-electron chi connectivity index (χ2n) is 6.83. The molecule has 2 fully saturated rings. The zero-order valence-corrected chi connectivity index (χ0v) is 13.5. The summed E-state index contributed by atoms with van der Waals surface area (Å²) < 4.78 is 0. The minimum Gasteiger partial charge on any atom is -0.481 e. The van der Waals surface area contributed by atoms with Crippen molar-refractivity contribution in [1.29, 1.82) is 0 Å². The van der Waals surface area contributed by atoms with Crippen molar-refractivity contribution in [1.82, 2.24) is 10.2 Å². The molecule has 4 nitrogen and oxygen atoms in total. The van der Waals surface area contributed by atoms with Gasteiger partial charge < -0.3 is 10.4 Å². The molecule has 1 aliphatic heterocycles. The summed E-state index contributed by atoms with van der Waals surface area (Å²) in [5.41, 5.74) is 0. The Labute approximate surface area is 129 Å². The number of hydrogen-bond donors (Lipinski definition) is 2. The van der Waals surface area contributed by atoms with Crippen molar-refractivity contribution >= 4 is 5.97 Å². The van der Waals surface area contributed by atoms with E-state index in [1.54, 1.807) is 0 Å². The number of rotatable bonds is 7. The normalized spacial score (nSPS) is 31.2. The first kappa shape index (κ1) is 16.8. The van der Waals surface area contributed by atoms with Gasteiger partial charge in [0.15, 0.2) is 0 Å². The second kappa shape index (κ2) is 8.74. The highest BCUT2D eigenvalue weighted by molar-refractivity contribution is 5.70. The van der Waals surface area contributed by atoms with Crippen LogP contribution >= 0.6 is 0 Å². The number of carbonyl (C=O) groups is 1. The minimum absolute atomic E-state index is 0.0983. The molecule has 1 saturated carbocycles. The molecule has 0 spiro atoms. The highest BCUT2D eigenvalue weighted by Gasteiger charge is 2.27. The van der Waals surface area contributed by atoms with Gasteiger partial charge in [0.05, 0.1) is 5.92 Å². The molecule has 1 heterocycles. The minimum atomic E-state index is -0.605. The molecule has 0 amide bonds. The standard InChI is InChI=1S/C17H32N2O2/c1-2-3-11-19-12-5-4-6-16(19)13-18-15-9-7-14(8-10-15)17(20)21/h14-16,18H,2-13H2,1H3,(H,20,21). The Hall–Kier alpha value is -0.610. The molecule has 1 aliphatic carbocycles. The Morgan fingerprint density at radius 2 is 1.95 bits per heavy atom. The molecule has 0 bridgehead atoms. The van der Waals surface area contributed by atoms with Gasteiger partial charge in [-0.25, -0.2) is 0 Å². The first-order valence-corrected chi connectivity index (χ1v) is 8.91. The lowest BCUT2D eigenvalue weighted by Crippen LogP contribution is -2.48. The van der Waals surface area contributed by atoms with Gasteiger partial charge in [0.1, 0.15) is 0 Å². The lowest BCUT2D eigenvalue weighted by molar-refractivity contribution is -0.142. The average Bonchev–Trinajstić information content (AvgIpc) is 2.52. The molecule has 1 unspecified atom stereocenters. The van der Waals surface area contributed by atoms with Gasteiger partial charge in [-0.2, -0.15) is 0 Å². The number of hydrogen-bond acceptors (Lipinski definition) is 3. The molecular weight excluding hydrogens is 264 g/mol. The van der Waals surface area contributed by atoms with Crippen LogP contribution in [0.5, 0.6) is 0 Å². The van der Waals surface area contributed by atoms with E-state index in [-0.39, 0.29) is 5.92 Å². The molecule has 1 atom stereocenters. The van der Waals surface area contributed by atoms with Crippen LogP contribution in [-0.2, 0) is 4.79 Å². The van der Waals surface area contributed by atoms with E-state index < -0.39 is 5.97 Å². The predicted molar refractivity (Wildman–Crippen MR) is 85.5 cm³/mol. The molecule has 0 aromatic carbocycles. The number of piperidine rings is 1. The van der Waals surface area contributed by atoms with Gasteiger partial charge in [0, 0.05) is 18.6 Å². The first-order chi connectivity index (χ1) is 10.2. The average molecular weight is 296 g/mol. The van der Waals surface area contributed by atoms with Gasteiger partial charge in [-0.1, -0.05) is 19.8 Å². The van der Waals surface area contributed by atoms with E-state index in [4.69, 9.17) is 5.11 Å². The van der Waals surface area contributed by atoms with Gasteiger partial charge in [0.25, 0.3) is 0 Å². The van der Waals surface area contributed by atoms with E-state index in [2.05, 4.69) is 17.1 Å². The maximum absolute atomic E-state index is 11.0. The van der Waals surface area contributed by atoms with Crippen LogP contribution in [0.4, 0.5) is 0 Å². The fourth-order valence-corrected chi connectivity index (χ4v) is 3.79. The number of unbranched alkanes of at least 4 members (excludes halogenated alkanes) is 1. The zero-order chi connectivity index (χ0) is 15.1. The maximum Gasteiger partial charge on any atom is 0.306 e. The van der Waals surface area contributed by atoms with Gasteiger partial charge in [-0.05, 0) is 58.0 Å². The van der Waals surface area contributed by atoms with Gasteiger partial charge in [-0.3, -0.25) is 9.69 Å². The summed E-state index contributed by atoms with van der Waals surface area (Å²) in [7, 11) is 0. The number of aliphatic carboxylic acids is 1. The highest BCUT2D eigenvalue weighted by atomic mass is 16.4. The summed E-state index contributed by atoms with van der Waals surface area (Å²) in [4.78, 5) is 13.7. The van der Waals surface area contributed by atoms with Gasteiger partial charge >= 0.3 is 5.97 Å². The summed E-state index contributed by atoms with van der Waals surface area (Å²) in [5.74, 6) is -0.703. The van der Waals surface area contributed by atoms with E-state index in [9.17, 15) is 4.79 Å². The summed E-state index contributed by atoms with van der Waals surface area (Å²) in [6, 6.07) is 1.23. The quantitative estimate of drug-likeness (QED) is 0.758. The molecule has 0 aromatic heterocycles. The van der Waals surface area contributed by atoms with Crippen molar-refractivity contribution in [2.24, 2.45) is 5.92 Å². The first-order valence-electron chi connectivity index (χ1n) is 8.91. The molecule has 2 rings (SSSR count). The number of carboxylic acids is 1. The van der Waals surface area contributed by atoms with Crippen LogP contribution < -0.4 is 5.32 Å². The molecule has 0 radical (unpaired) electrons. The third kappa shape index (κ3) is 5.26. The monoisotopic (exact) mass is 296 g/mol. The van der Waals surface area contributed by atoms with E-state index in [0.29, 0.717) is 12.1 Å². The van der Waals surface area contributed by atoms with Crippen LogP contribution in [-0.4, -0.2) is 47.7 Å². The Morgan fingerprint density at radius 1 is 1.19 bits per heavy atom. The fraction of sp³-hybridized carbons (Fsp3) is 0.941. The number of nitrogens with one attached hydrogen (secondary N) is 1. The second-order valence-corrected chi connectivity index (χ2v) is 6.83. The van der Waals surface area contributed by atoms with Crippen LogP contribution in [0.2, 0.25) is 0 Å². The van der Waals surface area contributed by atoms with Crippen LogP contribution in [0.3, 0.4) is 0 Å². The van der Waals surface area contributed by atoms with Gasteiger partial charge in [-0.15, -0.1) is 0 Å². The Bertz CT molecular complexity index is 314. The zero-order valence-electron chi connectivity index (χ0n) is 13.5. The molecular formula is C17H32N2O2. The predicted octanol–water partition coefficient (Wildman–Crippen LogP) is 2.87. The van der Waals surface area contributed by atoms with E-state index >= 15 is 0 Å². The SMILES string of the molecule is CCCCN1CCCCC1CNC1CCC(C(=O)O)CC1. The number of nitrogens with zero attached hydrogens (tertiary/aromatic N) is 1. The topological polar surface area (TPSA) is 52.6 Å². The molecule has 2 aliphatic rings. The summed E-state index contributed by atoms with van der Waals surface area (Å²) in [5, 5.41) is 12.8. The van der Waals surface area contributed by atoms with Crippen molar-refractivity contribution in [2.45, 2.75) is 76.8 Å². The molecule has 1 saturated heterocycles. The van der Waals surface area contributed by atoms with Crippen molar-refractivity contribution in [2.75, 3.05) is 19.6 Å². The highest BCUT2D eigenvalue weighted by Crippen LogP contribution is 2.25. The van der Waals surface area contributed by atoms with E-state index in [0.717, 1.165) is 32.2 Å². The largest absolute Gasteiger partial charge is 0.481 e. The van der Waals surface area contributed by atoms with Crippen molar-refractivity contribution in [3.8, 4) is 0 Å². The van der Waals surface area contributed by atoms with Crippen molar-refractivity contribution in [3.63, 3.8) is 0 Å². The lowest BCUT2D eigenvalue weighted by Gasteiger charge is -2.37. The summed E-state index contributed by atoms with van der Waals surface area (Å²) in [6.07, 6.45) is 10.4.